The summed E-state index contributed by atoms with van der Waals surface area (Å²) in [6.07, 6.45) is 3.74. The van der Waals surface area contributed by atoms with E-state index in [0.717, 1.165) is 31.6 Å². The molecular formula is C17H20N4O3. The molecular weight excluding hydrogens is 308 g/mol. The summed E-state index contributed by atoms with van der Waals surface area (Å²) in [5.41, 5.74) is 1.82. The molecule has 1 aromatic heterocycles. The van der Waals surface area contributed by atoms with Crippen LogP contribution < -0.4 is 5.32 Å². The number of nitrogens with one attached hydrogen (secondary N) is 2. The molecule has 0 unspecified atom stereocenters. The Morgan fingerprint density at radius 1 is 1.29 bits per heavy atom. The average molecular weight is 328 g/mol. The van der Waals surface area contributed by atoms with Gasteiger partial charge in [0.25, 0.3) is 0 Å². The van der Waals surface area contributed by atoms with E-state index in [2.05, 4.69) is 20.4 Å². The van der Waals surface area contributed by atoms with Gasteiger partial charge in [-0.1, -0.05) is 6.07 Å². The molecule has 2 aromatic rings. The predicted octanol–water partition coefficient (Wildman–Crippen LogP) is 1.93. The van der Waals surface area contributed by atoms with Gasteiger partial charge in [0.05, 0.1) is 12.1 Å². The van der Waals surface area contributed by atoms with Crippen LogP contribution in [0.25, 0.3) is 0 Å². The zero-order chi connectivity index (χ0) is 16.9. The van der Waals surface area contributed by atoms with Crippen molar-refractivity contribution in [1.82, 2.24) is 15.1 Å². The van der Waals surface area contributed by atoms with Crippen molar-refractivity contribution in [1.29, 1.82) is 0 Å². The van der Waals surface area contributed by atoms with E-state index in [1.165, 1.54) is 12.1 Å². The van der Waals surface area contributed by atoms with Gasteiger partial charge in [0.2, 0.25) is 5.91 Å². The number of likely N-dealkylation sites (tertiary alicyclic amines) is 1. The highest BCUT2D eigenvalue weighted by atomic mass is 16.4. The highest BCUT2D eigenvalue weighted by molar-refractivity contribution is 5.94. The highest BCUT2D eigenvalue weighted by Gasteiger charge is 2.22. The normalized spacial score (nSPS) is 16.0. The zero-order valence-corrected chi connectivity index (χ0v) is 13.2. The molecule has 3 rings (SSSR count). The summed E-state index contributed by atoms with van der Waals surface area (Å²) in [5, 5.41) is 18.7. The smallest absolute Gasteiger partial charge is 0.335 e. The number of benzene rings is 1. The van der Waals surface area contributed by atoms with Crippen LogP contribution >= 0.6 is 0 Å². The quantitative estimate of drug-likeness (QED) is 0.779. The van der Waals surface area contributed by atoms with E-state index < -0.39 is 5.97 Å². The van der Waals surface area contributed by atoms with Crippen LogP contribution in [0.15, 0.2) is 36.5 Å². The van der Waals surface area contributed by atoms with Crippen LogP contribution in [0.4, 0.5) is 5.69 Å². The number of carboxylic acids is 1. The minimum absolute atomic E-state index is 0.127. The van der Waals surface area contributed by atoms with Crippen molar-refractivity contribution < 1.29 is 14.7 Å². The lowest BCUT2D eigenvalue weighted by molar-refractivity contribution is -0.117. The standard InChI is InChI=1S/C17H20N4O3/c22-16(19-14-3-1-2-13(10-14)17(23)24)11-21-8-5-12(6-9-21)15-4-7-18-20-15/h1-4,7,10,12H,5-6,8-9,11H2,(H,18,20)(H,19,22)(H,23,24). The first-order chi connectivity index (χ1) is 11.6. The van der Waals surface area contributed by atoms with Crippen LogP contribution in [-0.4, -0.2) is 51.7 Å². The molecule has 126 valence electrons. The van der Waals surface area contributed by atoms with Crippen molar-refractivity contribution in [2.45, 2.75) is 18.8 Å². The predicted molar refractivity (Wildman–Crippen MR) is 89.0 cm³/mol. The van der Waals surface area contributed by atoms with Crippen LogP contribution in [0.2, 0.25) is 0 Å². The summed E-state index contributed by atoms with van der Waals surface area (Å²) in [5.74, 6) is -0.663. The van der Waals surface area contributed by atoms with Crippen LogP contribution in [0.3, 0.4) is 0 Å². The molecule has 0 aliphatic carbocycles. The van der Waals surface area contributed by atoms with E-state index in [4.69, 9.17) is 5.11 Å². The number of hydrogen-bond acceptors (Lipinski definition) is 4. The number of aromatic nitrogens is 2. The van der Waals surface area contributed by atoms with Crippen molar-refractivity contribution in [2.24, 2.45) is 0 Å². The monoisotopic (exact) mass is 328 g/mol. The number of aromatic amines is 1. The summed E-state index contributed by atoms with van der Waals surface area (Å²) >= 11 is 0. The number of carbonyl (C=O) groups is 2. The lowest BCUT2D eigenvalue weighted by Crippen LogP contribution is -2.38. The van der Waals surface area contributed by atoms with E-state index >= 15 is 0 Å². The fourth-order valence-corrected chi connectivity index (χ4v) is 3.03. The third-order valence-electron chi connectivity index (χ3n) is 4.31. The summed E-state index contributed by atoms with van der Waals surface area (Å²) in [4.78, 5) is 25.2. The minimum atomic E-state index is -1.01. The maximum absolute atomic E-state index is 12.2. The van der Waals surface area contributed by atoms with Gasteiger partial charge < -0.3 is 10.4 Å². The molecule has 2 heterocycles. The number of carboxylic acid groups (broad SMARTS) is 1. The largest absolute Gasteiger partial charge is 0.478 e. The van der Waals surface area contributed by atoms with Gasteiger partial charge in [0.1, 0.15) is 0 Å². The highest BCUT2D eigenvalue weighted by Crippen LogP contribution is 2.26. The Bertz CT molecular complexity index is 706. The molecule has 0 radical (unpaired) electrons. The number of nitrogens with zero attached hydrogens (tertiary/aromatic N) is 2. The Morgan fingerprint density at radius 2 is 2.08 bits per heavy atom. The van der Waals surface area contributed by atoms with Crippen molar-refractivity contribution in [3.8, 4) is 0 Å². The van der Waals surface area contributed by atoms with Crippen molar-refractivity contribution in [3.63, 3.8) is 0 Å². The minimum Gasteiger partial charge on any atom is -0.478 e. The van der Waals surface area contributed by atoms with E-state index in [9.17, 15) is 9.59 Å². The Balaban J connectivity index is 1.49. The Hall–Kier alpha value is -2.67. The van der Waals surface area contributed by atoms with E-state index in [-0.39, 0.29) is 11.5 Å². The van der Waals surface area contributed by atoms with E-state index in [0.29, 0.717) is 18.2 Å². The second-order valence-electron chi connectivity index (χ2n) is 6.00. The molecule has 7 heteroatoms. The van der Waals surface area contributed by atoms with Gasteiger partial charge in [-0.05, 0) is 50.2 Å². The van der Waals surface area contributed by atoms with E-state index in [1.54, 1.807) is 18.3 Å². The zero-order valence-electron chi connectivity index (χ0n) is 13.2. The number of hydrogen-bond donors (Lipinski definition) is 3. The molecule has 1 aliphatic heterocycles. The van der Waals surface area contributed by atoms with Gasteiger partial charge >= 0.3 is 5.97 Å². The summed E-state index contributed by atoms with van der Waals surface area (Å²) in [7, 11) is 0. The van der Waals surface area contributed by atoms with Gasteiger partial charge in [-0.3, -0.25) is 14.8 Å². The molecule has 0 bridgehead atoms. The molecule has 0 atom stereocenters. The summed E-state index contributed by atoms with van der Waals surface area (Å²) in [6, 6.07) is 8.27. The average Bonchev–Trinajstić information content (AvgIpc) is 3.10. The first-order valence-corrected chi connectivity index (χ1v) is 7.96. The first kappa shape index (κ1) is 16.2. The van der Waals surface area contributed by atoms with Gasteiger partial charge in [-0.15, -0.1) is 0 Å². The topological polar surface area (TPSA) is 98.3 Å². The number of aromatic carboxylic acids is 1. The third kappa shape index (κ3) is 3.99. The molecule has 24 heavy (non-hydrogen) atoms. The molecule has 1 amide bonds. The summed E-state index contributed by atoms with van der Waals surface area (Å²) in [6.45, 7) is 2.02. The Morgan fingerprint density at radius 3 is 2.75 bits per heavy atom. The first-order valence-electron chi connectivity index (χ1n) is 7.96. The van der Waals surface area contributed by atoms with Gasteiger partial charge in [-0.2, -0.15) is 5.10 Å². The van der Waals surface area contributed by atoms with Crippen LogP contribution in [-0.2, 0) is 4.79 Å². The Labute approximate surface area is 139 Å². The fourth-order valence-electron chi connectivity index (χ4n) is 3.03. The van der Waals surface area contributed by atoms with Gasteiger partial charge in [0, 0.05) is 23.5 Å². The van der Waals surface area contributed by atoms with E-state index in [1.807, 2.05) is 6.07 Å². The number of H-pyrrole nitrogens is 1. The lowest BCUT2D eigenvalue weighted by Gasteiger charge is -2.30. The number of anilines is 1. The molecule has 1 fully saturated rings. The fraction of sp³-hybridized carbons (Fsp3) is 0.353. The molecule has 0 spiro atoms. The molecule has 1 aliphatic rings. The number of piperidine rings is 1. The molecule has 3 N–H and O–H groups in total. The SMILES string of the molecule is O=C(CN1CCC(c2ccn[nH]2)CC1)Nc1cccc(C(=O)O)c1. The maximum Gasteiger partial charge on any atom is 0.335 e. The van der Waals surface area contributed by atoms with Crippen molar-refractivity contribution in [2.75, 3.05) is 25.0 Å². The number of carbonyl (C=O) groups excluding carboxylic acids is 1. The lowest BCUT2D eigenvalue weighted by atomic mass is 9.94. The second-order valence-corrected chi connectivity index (χ2v) is 6.00. The van der Waals surface area contributed by atoms with Crippen molar-refractivity contribution >= 4 is 17.6 Å². The molecule has 7 nitrogen and oxygen atoms in total. The Kier molecular flexibility index (Phi) is 4.90. The van der Waals surface area contributed by atoms with Crippen LogP contribution in [0.1, 0.15) is 34.8 Å². The van der Waals surface area contributed by atoms with Crippen LogP contribution in [0, 0.1) is 0 Å². The van der Waals surface area contributed by atoms with Gasteiger partial charge in [-0.25, -0.2) is 4.79 Å². The van der Waals surface area contributed by atoms with Crippen molar-refractivity contribution in [3.05, 3.63) is 47.8 Å². The summed E-state index contributed by atoms with van der Waals surface area (Å²) < 4.78 is 0. The molecule has 1 saturated heterocycles. The number of rotatable bonds is 5. The van der Waals surface area contributed by atoms with Crippen LogP contribution in [0.5, 0.6) is 0 Å². The molecule has 1 aromatic carbocycles. The maximum atomic E-state index is 12.2. The number of amides is 1. The third-order valence-corrected chi connectivity index (χ3v) is 4.31. The second kappa shape index (κ2) is 7.27. The van der Waals surface area contributed by atoms with Gasteiger partial charge in [0.15, 0.2) is 0 Å². The molecule has 0 saturated carbocycles.